The second-order valence-corrected chi connectivity index (χ2v) is 7.90. The van der Waals surface area contributed by atoms with E-state index in [9.17, 15) is 14.9 Å². The van der Waals surface area contributed by atoms with Gasteiger partial charge in [0.15, 0.2) is 0 Å². The molecule has 1 saturated heterocycles. The first kappa shape index (κ1) is 18.8. The predicted octanol–water partition coefficient (Wildman–Crippen LogP) is 3.40. The molecule has 0 spiro atoms. The molecule has 146 valence electrons. The second-order valence-electron chi connectivity index (χ2n) is 6.76. The van der Waals surface area contributed by atoms with Crippen LogP contribution in [-0.2, 0) is 4.74 Å². The molecule has 0 radical (unpaired) electrons. The number of thioether (sulfide) groups is 1. The predicted molar refractivity (Wildman–Crippen MR) is 108 cm³/mol. The van der Waals surface area contributed by atoms with Gasteiger partial charge in [-0.1, -0.05) is 18.2 Å². The molecule has 2 aliphatic rings. The number of rotatable bonds is 4. The zero-order valence-electron chi connectivity index (χ0n) is 15.3. The second kappa shape index (κ2) is 8.20. The Bertz CT molecular complexity index is 899. The Balaban J connectivity index is 1.56. The first-order chi connectivity index (χ1) is 13.6. The number of hydrogen-bond acceptors (Lipinski definition) is 6. The maximum absolute atomic E-state index is 12.8. The Morgan fingerprint density at radius 3 is 2.79 bits per heavy atom. The number of carbonyl (C=O) groups is 1. The third-order valence-corrected chi connectivity index (χ3v) is 6.17. The average molecular weight is 399 g/mol. The zero-order valence-corrected chi connectivity index (χ0v) is 16.1. The van der Waals surface area contributed by atoms with Crippen LogP contribution < -0.4 is 10.2 Å². The number of hydrogen-bond donors (Lipinski definition) is 1. The SMILES string of the molecule is O=C(NC1CCSc2ccccc21)c1ccc(N2CCOCC2)c([N+](=O)[O-])c1. The number of amides is 1. The van der Waals surface area contributed by atoms with Crippen LogP contribution >= 0.6 is 11.8 Å². The molecule has 0 saturated carbocycles. The van der Waals surface area contributed by atoms with Gasteiger partial charge in [-0.2, -0.15) is 0 Å². The molecule has 2 aromatic carbocycles. The van der Waals surface area contributed by atoms with E-state index in [1.54, 1.807) is 23.9 Å². The molecule has 1 atom stereocenters. The Kier molecular flexibility index (Phi) is 5.50. The summed E-state index contributed by atoms with van der Waals surface area (Å²) in [6.45, 7) is 2.28. The van der Waals surface area contributed by atoms with Crippen LogP contribution in [0, 0.1) is 10.1 Å². The Hall–Kier alpha value is -2.58. The third kappa shape index (κ3) is 3.83. The van der Waals surface area contributed by atoms with Crippen molar-refractivity contribution in [3.63, 3.8) is 0 Å². The lowest BCUT2D eigenvalue weighted by Gasteiger charge is -2.28. The summed E-state index contributed by atoms with van der Waals surface area (Å²) >= 11 is 1.78. The van der Waals surface area contributed by atoms with Crippen LogP contribution in [0.25, 0.3) is 0 Å². The molecule has 28 heavy (non-hydrogen) atoms. The Labute approximate surface area is 167 Å². The number of benzene rings is 2. The monoisotopic (exact) mass is 399 g/mol. The Morgan fingerprint density at radius 1 is 1.21 bits per heavy atom. The number of morpholine rings is 1. The van der Waals surface area contributed by atoms with Crippen molar-refractivity contribution in [2.75, 3.05) is 37.0 Å². The highest BCUT2D eigenvalue weighted by Gasteiger charge is 2.26. The van der Waals surface area contributed by atoms with Gasteiger partial charge in [0, 0.05) is 35.4 Å². The van der Waals surface area contributed by atoms with Gasteiger partial charge in [-0.3, -0.25) is 14.9 Å². The van der Waals surface area contributed by atoms with Crippen molar-refractivity contribution in [1.82, 2.24) is 5.32 Å². The van der Waals surface area contributed by atoms with Crippen LogP contribution in [0.3, 0.4) is 0 Å². The topological polar surface area (TPSA) is 84.7 Å². The van der Waals surface area contributed by atoms with Crippen molar-refractivity contribution in [3.8, 4) is 0 Å². The fraction of sp³-hybridized carbons (Fsp3) is 0.350. The van der Waals surface area contributed by atoms with Gasteiger partial charge in [0.25, 0.3) is 11.6 Å². The van der Waals surface area contributed by atoms with E-state index in [-0.39, 0.29) is 17.6 Å². The molecular formula is C20H21N3O4S. The number of nitrogens with zero attached hydrogens (tertiary/aromatic N) is 2. The van der Waals surface area contributed by atoms with E-state index in [1.807, 2.05) is 23.1 Å². The van der Waals surface area contributed by atoms with E-state index in [4.69, 9.17) is 4.74 Å². The smallest absolute Gasteiger partial charge is 0.293 e. The molecule has 2 aliphatic heterocycles. The summed E-state index contributed by atoms with van der Waals surface area (Å²) < 4.78 is 5.32. The normalized spacial score (nSPS) is 19.0. The van der Waals surface area contributed by atoms with Crippen molar-refractivity contribution >= 4 is 29.0 Å². The van der Waals surface area contributed by atoms with E-state index in [0.29, 0.717) is 37.6 Å². The van der Waals surface area contributed by atoms with Crippen molar-refractivity contribution in [2.24, 2.45) is 0 Å². The summed E-state index contributed by atoms with van der Waals surface area (Å²) in [4.78, 5) is 27.1. The lowest BCUT2D eigenvalue weighted by atomic mass is 10.0. The van der Waals surface area contributed by atoms with Gasteiger partial charge in [-0.15, -0.1) is 11.8 Å². The lowest BCUT2D eigenvalue weighted by Crippen LogP contribution is -2.36. The van der Waals surface area contributed by atoms with Crippen molar-refractivity contribution in [3.05, 3.63) is 63.7 Å². The number of nitro groups is 1. The summed E-state index contributed by atoms with van der Waals surface area (Å²) in [5.74, 6) is 0.640. The molecule has 0 aromatic heterocycles. The highest BCUT2D eigenvalue weighted by Crippen LogP contribution is 2.36. The molecule has 1 amide bonds. The maximum atomic E-state index is 12.8. The molecule has 2 heterocycles. The van der Waals surface area contributed by atoms with Gasteiger partial charge >= 0.3 is 0 Å². The molecule has 0 bridgehead atoms. The summed E-state index contributed by atoms with van der Waals surface area (Å²) in [5.41, 5.74) is 1.89. The van der Waals surface area contributed by atoms with Gasteiger partial charge in [0.1, 0.15) is 5.69 Å². The first-order valence-electron chi connectivity index (χ1n) is 9.27. The van der Waals surface area contributed by atoms with Crippen molar-refractivity contribution in [1.29, 1.82) is 0 Å². The van der Waals surface area contributed by atoms with Gasteiger partial charge in [-0.25, -0.2) is 0 Å². The highest BCUT2D eigenvalue weighted by molar-refractivity contribution is 7.99. The van der Waals surface area contributed by atoms with Crippen LogP contribution in [0.2, 0.25) is 0 Å². The van der Waals surface area contributed by atoms with Gasteiger partial charge in [-0.05, 0) is 30.2 Å². The minimum absolute atomic E-state index is 0.0471. The summed E-state index contributed by atoms with van der Waals surface area (Å²) in [5, 5.41) is 14.7. The van der Waals surface area contributed by atoms with E-state index < -0.39 is 4.92 Å². The molecule has 1 fully saturated rings. The molecule has 2 aromatic rings. The number of ether oxygens (including phenoxy) is 1. The number of nitrogens with one attached hydrogen (secondary N) is 1. The van der Waals surface area contributed by atoms with Crippen LogP contribution in [0.1, 0.15) is 28.4 Å². The van der Waals surface area contributed by atoms with E-state index in [2.05, 4.69) is 11.4 Å². The fourth-order valence-corrected chi connectivity index (χ4v) is 4.74. The van der Waals surface area contributed by atoms with Crippen LogP contribution in [-0.4, -0.2) is 42.9 Å². The van der Waals surface area contributed by atoms with Gasteiger partial charge in [0.2, 0.25) is 0 Å². The van der Waals surface area contributed by atoms with E-state index >= 15 is 0 Å². The summed E-state index contributed by atoms with van der Waals surface area (Å²) in [6, 6.07) is 12.7. The van der Waals surface area contributed by atoms with Gasteiger partial charge < -0.3 is 15.0 Å². The standard InChI is InChI=1S/C20H21N3O4S/c24-20(21-16-7-12-28-19-4-2-1-3-15(16)19)14-5-6-17(18(13-14)23(25)26)22-8-10-27-11-9-22/h1-6,13,16H,7-12H2,(H,21,24). The van der Waals surface area contributed by atoms with E-state index in [0.717, 1.165) is 17.7 Å². The van der Waals surface area contributed by atoms with Crippen LogP contribution in [0.5, 0.6) is 0 Å². The molecule has 4 rings (SSSR count). The largest absolute Gasteiger partial charge is 0.378 e. The molecule has 8 heteroatoms. The third-order valence-electron chi connectivity index (χ3n) is 5.05. The molecular weight excluding hydrogens is 378 g/mol. The summed E-state index contributed by atoms with van der Waals surface area (Å²) in [7, 11) is 0. The Morgan fingerprint density at radius 2 is 2.00 bits per heavy atom. The average Bonchev–Trinajstić information content (AvgIpc) is 2.74. The van der Waals surface area contributed by atoms with Gasteiger partial charge in [0.05, 0.1) is 24.2 Å². The number of anilines is 1. The number of fused-ring (bicyclic) bond motifs is 1. The zero-order chi connectivity index (χ0) is 19.5. The quantitative estimate of drug-likeness (QED) is 0.627. The molecule has 1 unspecified atom stereocenters. The molecule has 0 aliphatic carbocycles. The minimum atomic E-state index is -0.422. The van der Waals surface area contributed by atoms with Crippen molar-refractivity contribution < 1.29 is 14.5 Å². The summed E-state index contributed by atoms with van der Waals surface area (Å²) in [6.07, 6.45) is 0.835. The maximum Gasteiger partial charge on any atom is 0.293 e. The lowest BCUT2D eigenvalue weighted by molar-refractivity contribution is -0.384. The molecule has 7 nitrogen and oxygen atoms in total. The van der Waals surface area contributed by atoms with Crippen LogP contribution in [0.4, 0.5) is 11.4 Å². The highest BCUT2D eigenvalue weighted by atomic mass is 32.2. The van der Waals surface area contributed by atoms with Crippen molar-refractivity contribution in [2.45, 2.75) is 17.4 Å². The number of carbonyl (C=O) groups excluding carboxylic acids is 1. The minimum Gasteiger partial charge on any atom is -0.378 e. The molecule has 1 N–H and O–H groups in total. The number of nitro benzene ring substituents is 1. The van der Waals surface area contributed by atoms with Crippen LogP contribution in [0.15, 0.2) is 47.4 Å². The fourth-order valence-electron chi connectivity index (χ4n) is 3.62. The van der Waals surface area contributed by atoms with E-state index in [1.165, 1.54) is 11.0 Å². The first-order valence-corrected chi connectivity index (χ1v) is 10.3.